The summed E-state index contributed by atoms with van der Waals surface area (Å²) in [6.45, 7) is 3.29. The Labute approximate surface area is 132 Å². The summed E-state index contributed by atoms with van der Waals surface area (Å²) in [5, 5.41) is 42.2. The standard InChI is InChI=1S/C14H19N3O6/c1-8-3-4-15(6-12(8)19)14-11(16(20)21)5-10(7-18)9(2)13(14)17(22)23/h5,8,12,18-19H,3-4,6-7H2,1-2H3. The third-order valence-electron chi connectivity index (χ3n) is 4.40. The first-order chi connectivity index (χ1) is 10.8. The second-order valence-corrected chi connectivity index (χ2v) is 5.83. The quantitative estimate of drug-likeness (QED) is 0.633. The molecule has 2 N–H and O–H groups in total. The van der Waals surface area contributed by atoms with E-state index in [1.807, 2.05) is 6.92 Å². The molecule has 1 heterocycles. The predicted octanol–water partition coefficient (Wildman–Crippen LogP) is 1.51. The summed E-state index contributed by atoms with van der Waals surface area (Å²) >= 11 is 0. The molecular weight excluding hydrogens is 306 g/mol. The molecule has 9 heteroatoms. The maximum atomic E-state index is 11.5. The van der Waals surface area contributed by atoms with Gasteiger partial charge in [0.1, 0.15) is 0 Å². The number of aliphatic hydroxyl groups excluding tert-OH is 2. The summed E-state index contributed by atoms with van der Waals surface area (Å²) < 4.78 is 0. The highest BCUT2D eigenvalue weighted by atomic mass is 16.6. The third-order valence-corrected chi connectivity index (χ3v) is 4.40. The number of anilines is 1. The Balaban J connectivity index is 2.66. The van der Waals surface area contributed by atoms with Gasteiger partial charge in [0.25, 0.3) is 5.69 Å². The van der Waals surface area contributed by atoms with Gasteiger partial charge in [0.15, 0.2) is 5.69 Å². The molecule has 0 amide bonds. The van der Waals surface area contributed by atoms with E-state index in [-0.39, 0.29) is 35.0 Å². The highest BCUT2D eigenvalue weighted by molar-refractivity contribution is 5.79. The maximum Gasteiger partial charge on any atom is 0.302 e. The van der Waals surface area contributed by atoms with Crippen molar-refractivity contribution in [1.29, 1.82) is 0 Å². The largest absolute Gasteiger partial charge is 0.392 e. The lowest BCUT2D eigenvalue weighted by Crippen LogP contribution is -2.43. The van der Waals surface area contributed by atoms with E-state index in [1.54, 1.807) is 0 Å². The molecule has 2 rings (SSSR count). The predicted molar refractivity (Wildman–Crippen MR) is 82.4 cm³/mol. The number of hydrogen-bond acceptors (Lipinski definition) is 7. The molecule has 2 unspecified atom stereocenters. The minimum absolute atomic E-state index is 0.0298. The highest BCUT2D eigenvalue weighted by Crippen LogP contribution is 2.43. The van der Waals surface area contributed by atoms with Crippen LogP contribution in [-0.2, 0) is 6.61 Å². The lowest BCUT2D eigenvalue weighted by molar-refractivity contribution is -0.393. The Morgan fingerprint density at radius 3 is 2.48 bits per heavy atom. The van der Waals surface area contributed by atoms with Gasteiger partial charge in [0.05, 0.1) is 22.6 Å². The summed E-state index contributed by atoms with van der Waals surface area (Å²) in [7, 11) is 0. The van der Waals surface area contributed by atoms with Gasteiger partial charge in [-0.05, 0) is 24.8 Å². The molecule has 126 valence electrons. The Kier molecular flexibility index (Phi) is 4.81. The van der Waals surface area contributed by atoms with Gasteiger partial charge in [-0.3, -0.25) is 20.2 Å². The Morgan fingerprint density at radius 2 is 2.00 bits per heavy atom. The van der Waals surface area contributed by atoms with Crippen molar-refractivity contribution in [2.45, 2.75) is 33.0 Å². The molecule has 0 aliphatic carbocycles. The molecule has 0 saturated carbocycles. The average Bonchev–Trinajstić information content (AvgIpc) is 2.48. The number of benzene rings is 1. The van der Waals surface area contributed by atoms with E-state index < -0.39 is 28.2 Å². The zero-order valence-electron chi connectivity index (χ0n) is 12.9. The second-order valence-electron chi connectivity index (χ2n) is 5.83. The lowest BCUT2D eigenvalue weighted by Gasteiger charge is -2.35. The van der Waals surface area contributed by atoms with Gasteiger partial charge in [0.2, 0.25) is 0 Å². The first-order valence-electron chi connectivity index (χ1n) is 7.27. The number of β-amino-alcohol motifs (C(OH)–C–C–N with tert-alkyl or cyclic N) is 1. The van der Waals surface area contributed by atoms with Gasteiger partial charge in [-0.15, -0.1) is 0 Å². The van der Waals surface area contributed by atoms with Crippen molar-refractivity contribution in [3.63, 3.8) is 0 Å². The van der Waals surface area contributed by atoms with Crippen LogP contribution in [0.5, 0.6) is 0 Å². The first-order valence-corrected chi connectivity index (χ1v) is 7.27. The second kappa shape index (κ2) is 6.47. The number of nitro benzene ring substituents is 2. The molecule has 0 aromatic heterocycles. The smallest absolute Gasteiger partial charge is 0.302 e. The Morgan fingerprint density at radius 1 is 1.35 bits per heavy atom. The van der Waals surface area contributed by atoms with E-state index in [9.17, 15) is 30.4 Å². The van der Waals surface area contributed by atoms with Crippen molar-refractivity contribution in [3.05, 3.63) is 37.4 Å². The van der Waals surface area contributed by atoms with Crippen molar-refractivity contribution < 1.29 is 20.1 Å². The van der Waals surface area contributed by atoms with Gasteiger partial charge in [-0.2, -0.15) is 0 Å². The normalized spacial score (nSPS) is 21.3. The molecule has 1 aromatic rings. The number of nitrogens with zero attached hydrogens (tertiary/aromatic N) is 3. The topological polar surface area (TPSA) is 130 Å². The third kappa shape index (κ3) is 3.10. The van der Waals surface area contributed by atoms with Crippen molar-refractivity contribution >= 4 is 17.1 Å². The maximum absolute atomic E-state index is 11.5. The van der Waals surface area contributed by atoms with Crippen LogP contribution in [0.25, 0.3) is 0 Å². The molecular formula is C14H19N3O6. The molecule has 23 heavy (non-hydrogen) atoms. The fraction of sp³-hybridized carbons (Fsp3) is 0.571. The van der Waals surface area contributed by atoms with Crippen LogP contribution in [0.4, 0.5) is 17.1 Å². The minimum atomic E-state index is -0.708. The van der Waals surface area contributed by atoms with Gasteiger partial charge < -0.3 is 15.1 Å². The fourth-order valence-electron chi connectivity index (χ4n) is 2.88. The summed E-state index contributed by atoms with van der Waals surface area (Å²) in [4.78, 5) is 23.0. The number of rotatable bonds is 4. The number of piperidine rings is 1. The van der Waals surface area contributed by atoms with Gasteiger partial charge in [0, 0.05) is 24.7 Å². The summed E-state index contributed by atoms with van der Waals surface area (Å²) in [6.07, 6.45) is -0.128. The molecule has 1 fully saturated rings. The van der Waals surface area contributed by atoms with Crippen LogP contribution in [0.15, 0.2) is 6.07 Å². The first kappa shape index (κ1) is 17.1. The summed E-state index contributed by atoms with van der Waals surface area (Å²) in [6, 6.07) is 1.17. The van der Waals surface area contributed by atoms with Crippen molar-refractivity contribution in [2.24, 2.45) is 5.92 Å². The van der Waals surface area contributed by atoms with Crippen LogP contribution in [-0.4, -0.2) is 39.3 Å². The van der Waals surface area contributed by atoms with Gasteiger partial charge >= 0.3 is 5.69 Å². The van der Waals surface area contributed by atoms with Crippen LogP contribution in [0.2, 0.25) is 0 Å². The molecule has 1 aliphatic rings. The fourth-order valence-corrected chi connectivity index (χ4v) is 2.88. The molecule has 9 nitrogen and oxygen atoms in total. The molecule has 0 radical (unpaired) electrons. The zero-order chi connectivity index (χ0) is 17.3. The van der Waals surface area contributed by atoms with Crippen LogP contribution >= 0.6 is 0 Å². The summed E-state index contributed by atoms with van der Waals surface area (Å²) in [5.74, 6) is 0.0298. The number of aliphatic hydroxyl groups is 2. The highest BCUT2D eigenvalue weighted by Gasteiger charge is 2.36. The van der Waals surface area contributed by atoms with E-state index >= 15 is 0 Å². The molecule has 2 atom stereocenters. The lowest BCUT2D eigenvalue weighted by atomic mass is 9.94. The molecule has 1 aromatic carbocycles. The van der Waals surface area contributed by atoms with E-state index in [4.69, 9.17) is 0 Å². The molecule has 1 aliphatic heterocycles. The van der Waals surface area contributed by atoms with Gasteiger partial charge in [-0.1, -0.05) is 6.92 Å². The van der Waals surface area contributed by atoms with Crippen molar-refractivity contribution in [2.75, 3.05) is 18.0 Å². The SMILES string of the molecule is Cc1c(CO)cc([N+](=O)[O-])c(N2CCC(C)C(O)C2)c1[N+](=O)[O-]. The minimum Gasteiger partial charge on any atom is -0.392 e. The van der Waals surface area contributed by atoms with Gasteiger partial charge in [-0.25, -0.2) is 0 Å². The Hall–Kier alpha value is -2.26. The van der Waals surface area contributed by atoms with E-state index in [1.165, 1.54) is 17.9 Å². The van der Waals surface area contributed by atoms with Crippen LogP contribution in [0.1, 0.15) is 24.5 Å². The van der Waals surface area contributed by atoms with E-state index in [2.05, 4.69) is 0 Å². The van der Waals surface area contributed by atoms with E-state index in [0.29, 0.717) is 13.0 Å². The number of nitro groups is 2. The molecule has 0 spiro atoms. The molecule has 0 bridgehead atoms. The van der Waals surface area contributed by atoms with E-state index in [0.717, 1.165) is 0 Å². The average molecular weight is 325 g/mol. The van der Waals surface area contributed by atoms with Crippen molar-refractivity contribution in [3.8, 4) is 0 Å². The Bertz CT molecular complexity index is 648. The van der Waals surface area contributed by atoms with Crippen molar-refractivity contribution in [1.82, 2.24) is 0 Å². The monoisotopic (exact) mass is 325 g/mol. The van der Waals surface area contributed by atoms with Crippen LogP contribution in [0, 0.1) is 33.1 Å². The van der Waals surface area contributed by atoms with Crippen LogP contribution in [0.3, 0.4) is 0 Å². The van der Waals surface area contributed by atoms with Crippen LogP contribution < -0.4 is 4.90 Å². The summed E-state index contributed by atoms with van der Waals surface area (Å²) in [5.41, 5.74) is -0.553. The molecule has 1 saturated heterocycles. The number of hydrogen-bond donors (Lipinski definition) is 2. The zero-order valence-corrected chi connectivity index (χ0v) is 12.9.